The molecule has 6 heteroatoms. The minimum atomic E-state index is 0.302. The van der Waals surface area contributed by atoms with Gasteiger partial charge in [0.2, 0.25) is 0 Å². The molecule has 0 saturated carbocycles. The molecule has 4 heterocycles. The van der Waals surface area contributed by atoms with Crippen molar-refractivity contribution >= 4 is 0 Å². The molecule has 0 fully saturated rings. The zero-order valence-corrected chi connectivity index (χ0v) is 31.0. The van der Waals surface area contributed by atoms with Gasteiger partial charge in [0.15, 0.2) is 0 Å². The van der Waals surface area contributed by atoms with E-state index in [0.717, 1.165) is 43.5 Å². The Bertz CT molecular complexity index is 1180. The minimum absolute atomic E-state index is 0.302. The normalized spacial score (nSPS) is 11.6. The average molecular weight is 627 g/mol. The summed E-state index contributed by atoms with van der Waals surface area (Å²) in [6.45, 7) is 26.8. The number of pyridine rings is 2. The molecule has 0 saturated heterocycles. The van der Waals surface area contributed by atoms with Crippen LogP contribution in [0.15, 0.2) is 86.0 Å². The molecule has 4 aromatic heterocycles. The van der Waals surface area contributed by atoms with Crippen LogP contribution in [0, 0.1) is 21.7 Å². The van der Waals surface area contributed by atoms with Crippen LogP contribution in [-0.2, 0) is 25.7 Å². The van der Waals surface area contributed by atoms with Crippen molar-refractivity contribution in [2.75, 3.05) is 0 Å². The third-order valence-corrected chi connectivity index (χ3v) is 6.37. The summed E-state index contributed by atoms with van der Waals surface area (Å²) in [5.41, 5.74) is 5.99. The highest BCUT2D eigenvalue weighted by Crippen LogP contribution is 2.21. The minimum Gasteiger partial charge on any atom is -0.261 e. The Labute approximate surface area is 281 Å². The predicted molar refractivity (Wildman–Crippen MR) is 194 cm³/mol. The highest BCUT2D eigenvalue weighted by molar-refractivity contribution is 5.05. The van der Waals surface area contributed by atoms with Gasteiger partial charge in [-0.3, -0.25) is 29.9 Å². The number of nitrogens with zero attached hydrogens (tertiary/aromatic N) is 6. The van der Waals surface area contributed by atoms with Gasteiger partial charge in [0.05, 0.1) is 11.4 Å². The van der Waals surface area contributed by atoms with Gasteiger partial charge in [0.25, 0.3) is 0 Å². The van der Waals surface area contributed by atoms with Gasteiger partial charge in [0, 0.05) is 61.0 Å². The van der Waals surface area contributed by atoms with Crippen molar-refractivity contribution in [3.8, 4) is 0 Å². The summed E-state index contributed by atoms with van der Waals surface area (Å²) in [4.78, 5) is 25.0. The maximum Gasteiger partial charge on any atom is 0.0591 e. The summed E-state index contributed by atoms with van der Waals surface area (Å²) in [5.74, 6) is 0. The van der Waals surface area contributed by atoms with Crippen LogP contribution in [0.1, 0.15) is 119 Å². The van der Waals surface area contributed by atoms with E-state index in [4.69, 9.17) is 0 Å². The van der Waals surface area contributed by atoms with Crippen molar-refractivity contribution in [1.29, 1.82) is 0 Å². The molecule has 0 radical (unpaired) electrons. The number of aromatic nitrogens is 6. The van der Waals surface area contributed by atoms with Crippen LogP contribution in [0.2, 0.25) is 0 Å². The Balaban J connectivity index is 0.000000307. The molecule has 0 bridgehead atoms. The van der Waals surface area contributed by atoms with Crippen molar-refractivity contribution in [3.63, 3.8) is 0 Å². The summed E-state index contributed by atoms with van der Waals surface area (Å²) in [6, 6.07) is 12.2. The summed E-state index contributed by atoms with van der Waals surface area (Å²) in [5, 5.41) is 0. The molecule has 0 N–H and O–H groups in total. The average Bonchev–Trinajstić information content (AvgIpc) is 2.96. The van der Waals surface area contributed by atoms with Crippen LogP contribution < -0.4 is 0 Å². The molecule has 4 aromatic rings. The maximum absolute atomic E-state index is 4.28. The summed E-state index contributed by atoms with van der Waals surface area (Å²) in [7, 11) is 0. The van der Waals surface area contributed by atoms with E-state index < -0.39 is 0 Å². The van der Waals surface area contributed by atoms with Crippen molar-refractivity contribution < 1.29 is 0 Å². The first-order valence-electron chi connectivity index (χ1n) is 16.6. The smallest absolute Gasteiger partial charge is 0.0591 e. The van der Waals surface area contributed by atoms with Crippen LogP contribution in [0.3, 0.4) is 0 Å². The van der Waals surface area contributed by atoms with Crippen LogP contribution in [0.5, 0.6) is 0 Å². The van der Waals surface area contributed by atoms with E-state index in [1.54, 1.807) is 24.8 Å². The van der Waals surface area contributed by atoms with E-state index in [-0.39, 0.29) is 0 Å². The highest BCUT2D eigenvalue weighted by atomic mass is 14.8. The topological polar surface area (TPSA) is 77.3 Å². The molecule has 0 unspecified atom stereocenters. The molecule has 4 rings (SSSR count). The molecule has 0 aliphatic rings. The zero-order chi connectivity index (χ0) is 34.7. The molecule has 0 atom stereocenters. The number of rotatable bonds is 6. The fraction of sp³-hybridized carbons (Fsp3) is 0.550. The molecule has 0 aromatic carbocycles. The fourth-order valence-corrected chi connectivity index (χ4v) is 4.02. The SMILES string of the molecule is CC(C)(C)CCc1ccccn1.CC(C)(C)CCc1cnccn1.CC(C)(C)Cc1ccccn1.CC(C)(C)Cc1cnccn1. The lowest BCUT2D eigenvalue weighted by Crippen LogP contribution is -2.10. The van der Waals surface area contributed by atoms with E-state index in [0.29, 0.717) is 21.7 Å². The van der Waals surface area contributed by atoms with Gasteiger partial charge in [-0.1, -0.05) is 95.2 Å². The van der Waals surface area contributed by atoms with E-state index >= 15 is 0 Å². The van der Waals surface area contributed by atoms with Crippen LogP contribution in [-0.4, -0.2) is 29.9 Å². The lowest BCUT2D eigenvalue weighted by molar-refractivity contribution is 0.376. The highest BCUT2D eigenvalue weighted by Gasteiger charge is 2.13. The van der Waals surface area contributed by atoms with E-state index in [2.05, 4.69) is 125 Å². The van der Waals surface area contributed by atoms with Gasteiger partial charge >= 0.3 is 0 Å². The second-order valence-electron chi connectivity index (χ2n) is 16.6. The molecule has 6 nitrogen and oxygen atoms in total. The molecule has 46 heavy (non-hydrogen) atoms. The van der Waals surface area contributed by atoms with Gasteiger partial charge in [0.1, 0.15) is 0 Å². The second kappa shape index (κ2) is 19.9. The Morgan fingerprint density at radius 2 is 0.783 bits per heavy atom. The van der Waals surface area contributed by atoms with Crippen molar-refractivity contribution in [1.82, 2.24) is 29.9 Å². The molecular formula is C40H62N6. The van der Waals surface area contributed by atoms with Gasteiger partial charge in [-0.15, -0.1) is 0 Å². The number of aryl methyl sites for hydroxylation is 2. The molecule has 0 amide bonds. The van der Waals surface area contributed by atoms with E-state index in [1.165, 1.54) is 17.8 Å². The van der Waals surface area contributed by atoms with E-state index in [9.17, 15) is 0 Å². The van der Waals surface area contributed by atoms with Crippen molar-refractivity contribution in [2.45, 2.75) is 122 Å². The van der Waals surface area contributed by atoms with E-state index in [1.807, 2.05) is 49.1 Å². The van der Waals surface area contributed by atoms with Crippen LogP contribution >= 0.6 is 0 Å². The Morgan fingerprint density at radius 3 is 1.15 bits per heavy atom. The van der Waals surface area contributed by atoms with Crippen LogP contribution in [0.4, 0.5) is 0 Å². The third kappa shape index (κ3) is 24.7. The van der Waals surface area contributed by atoms with Gasteiger partial charge in [-0.05, 0) is 84.5 Å². The maximum atomic E-state index is 4.28. The standard InChI is InChI=1S/C11H17N.C10H16N2.C10H15N.C9H14N2/c1-11(2,3)8-7-10-6-4-5-9-12-10;1-10(2,3)5-4-9-8-11-6-7-12-9;1-10(2,3)8-9-6-4-5-7-11-9;1-9(2,3)6-8-7-10-4-5-11-8/h4-6,9H,7-8H2,1-3H3;6-8H,4-5H2,1-3H3;4-7H,8H2,1-3H3;4-5,7H,6H2,1-3H3. The van der Waals surface area contributed by atoms with Gasteiger partial charge in [-0.2, -0.15) is 0 Å². The predicted octanol–water partition coefficient (Wildman–Crippen LogP) is 10.3. The monoisotopic (exact) mass is 627 g/mol. The first-order valence-corrected chi connectivity index (χ1v) is 16.6. The summed E-state index contributed by atoms with van der Waals surface area (Å²) >= 11 is 0. The van der Waals surface area contributed by atoms with Crippen LogP contribution in [0.25, 0.3) is 0 Å². The number of hydrogen-bond acceptors (Lipinski definition) is 6. The molecule has 0 aliphatic carbocycles. The van der Waals surface area contributed by atoms with Gasteiger partial charge < -0.3 is 0 Å². The largest absolute Gasteiger partial charge is 0.261 e. The van der Waals surface area contributed by atoms with Crippen molar-refractivity contribution in [2.24, 2.45) is 21.7 Å². The molecule has 0 spiro atoms. The van der Waals surface area contributed by atoms with Gasteiger partial charge in [-0.25, -0.2) is 0 Å². The Kier molecular flexibility index (Phi) is 17.5. The molecular weight excluding hydrogens is 564 g/mol. The zero-order valence-electron chi connectivity index (χ0n) is 31.0. The lowest BCUT2D eigenvalue weighted by atomic mass is 9.90. The number of hydrogen-bond donors (Lipinski definition) is 0. The first kappa shape index (κ1) is 40.5. The third-order valence-electron chi connectivity index (χ3n) is 6.37. The first-order chi connectivity index (χ1) is 21.3. The molecule has 0 aliphatic heterocycles. The molecule has 252 valence electrons. The van der Waals surface area contributed by atoms with Crippen molar-refractivity contribution in [3.05, 3.63) is 109 Å². The fourth-order valence-electron chi connectivity index (χ4n) is 4.02. The summed E-state index contributed by atoms with van der Waals surface area (Å²) in [6.07, 6.45) is 20.8. The second-order valence-corrected chi connectivity index (χ2v) is 16.6. The Morgan fingerprint density at radius 1 is 0.391 bits per heavy atom. The quantitative estimate of drug-likeness (QED) is 0.212. The lowest BCUT2D eigenvalue weighted by Gasteiger charge is -2.17. The summed E-state index contributed by atoms with van der Waals surface area (Å²) < 4.78 is 0. The Hall–Kier alpha value is -3.54.